The Bertz CT molecular complexity index is 240. The van der Waals surface area contributed by atoms with Gasteiger partial charge in [-0.05, 0) is 25.5 Å². The third-order valence-corrected chi connectivity index (χ3v) is 5.20. The predicted octanol–water partition coefficient (Wildman–Crippen LogP) is 2.56. The highest BCUT2D eigenvalue weighted by Gasteiger charge is 2.30. The Morgan fingerprint density at radius 3 is 2.61 bits per heavy atom. The van der Waals surface area contributed by atoms with Crippen LogP contribution in [0.2, 0.25) is 0 Å². The number of rotatable bonds is 8. The van der Waals surface area contributed by atoms with Gasteiger partial charge in [0.2, 0.25) is 5.91 Å². The van der Waals surface area contributed by atoms with Crippen molar-refractivity contribution in [1.82, 2.24) is 10.6 Å². The van der Waals surface area contributed by atoms with E-state index in [9.17, 15) is 4.79 Å². The van der Waals surface area contributed by atoms with E-state index in [1.807, 2.05) is 11.8 Å². The molecular formula is C14H28N2OS. The van der Waals surface area contributed by atoms with E-state index in [-0.39, 0.29) is 5.91 Å². The highest BCUT2D eigenvalue weighted by molar-refractivity contribution is 8.00. The summed E-state index contributed by atoms with van der Waals surface area (Å²) in [5, 5.41) is 6.28. The number of amides is 1. The number of nitrogens with one attached hydrogen (secondary N) is 2. The van der Waals surface area contributed by atoms with Crippen molar-refractivity contribution in [3.63, 3.8) is 0 Å². The number of unbranched alkanes of at least 4 members (excludes halogenated alkanes) is 1. The molecule has 4 heteroatoms. The van der Waals surface area contributed by atoms with Crippen molar-refractivity contribution >= 4 is 17.7 Å². The van der Waals surface area contributed by atoms with Crippen LogP contribution in [0.25, 0.3) is 0 Å². The normalized spacial score (nSPS) is 18.6. The Morgan fingerprint density at radius 2 is 2.00 bits per heavy atom. The Labute approximate surface area is 116 Å². The molecular weight excluding hydrogens is 244 g/mol. The van der Waals surface area contributed by atoms with Crippen LogP contribution >= 0.6 is 11.8 Å². The summed E-state index contributed by atoms with van der Waals surface area (Å²) in [6, 6.07) is 0. The van der Waals surface area contributed by atoms with Crippen molar-refractivity contribution in [3.05, 3.63) is 0 Å². The second-order valence-electron chi connectivity index (χ2n) is 5.25. The van der Waals surface area contributed by atoms with Gasteiger partial charge in [0.05, 0.1) is 6.54 Å². The summed E-state index contributed by atoms with van der Waals surface area (Å²) < 4.78 is 0.377. The summed E-state index contributed by atoms with van der Waals surface area (Å²) in [7, 11) is 0. The van der Waals surface area contributed by atoms with Crippen LogP contribution in [0.4, 0.5) is 0 Å². The fraction of sp³-hybridized carbons (Fsp3) is 0.929. The van der Waals surface area contributed by atoms with Gasteiger partial charge in [-0.25, -0.2) is 0 Å². The molecule has 0 heterocycles. The molecule has 1 rings (SSSR count). The molecule has 1 fully saturated rings. The van der Waals surface area contributed by atoms with Crippen LogP contribution < -0.4 is 10.6 Å². The second kappa shape index (κ2) is 8.81. The van der Waals surface area contributed by atoms with Gasteiger partial charge < -0.3 is 10.6 Å². The predicted molar refractivity (Wildman–Crippen MR) is 80.1 cm³/mol. The van der Waals surface area contributed by atoms with Gasteiger partial charge in [0.1, 0.15) is 0 Å². The van der Waals surface area contributed by atoms with E-state index in [0.29, 0.717) is 11.3 Å². The first kappa shape index (κ1) is 15.8. The first-order valence-corrected chi connectivity index (χ1v) is 8.47. The van der Waals surface area contributed by atoms with Crippen LogP contribution in [0.1, 0.15) is 51.9 Å². The molecule has 3 nitrogen and oxygen atoms in total. The Morgan fingerprint density at radius 1 is 1.28 bits per heavy atom. The van der Waals surface area contributed by atoms with Gasteiger partial charge >= 0.3 is 0 Å². The lowest BCUT2D eigenvalue weighted by molar-refractivity contribution is -0.120. The van der Waals surface area contributed by atoms with Gasteiger partial charge in [0, 0.05) is 17.8 Å². The number of carbonyl (C=O) groups excluding carboxylic acids is 1. The summed E-state index contributed by atoms with van der Waals surface area (Å²) in [5.41, 5.74) is 0. The van der Waals surface area contributed by atoms with Crippen LogP contribution in [0.15, 0.2) is 0 Å². The average Bonchev–Trinajstić information content (AvgIpc) is 2.40. The molecule has 106 valence electrons. The molecule has 1 saturated carbocycles. The third kappa shape index (κ3) is 5.61. The topological polar surface area (TPSA) is 41.1 Å². The zero-order valence-corrected chi connectivity index (χ0v) is 12.7. The van der Waals surface area contributed by atoms with Crippen LogP contribution in [-0.2, 0) is 4.79 Å². The lowest BCUT2D eigenvalue weighted by atomic mass is 9.88. The van der Waals surface area contributed by atoms with Crippen molar-refractivity contribution in [1.29, 1.82) is 0 Å². The Balaban J connectivity index is 2.16. The maximum Gasteiger partial charge on any atom is 0.233 e. The van der Waals surface area contributed by atoms with Gasteiger partial charge in [-0.1, -0.05) is 32.6 Å². The maximum absolute atomic E-state index is 11.6. The van der Waals surface area contributed by atoms with Crippen molar-refractivity contribution in [2.75, 3.05) is 25.9 Å². The number of hydrogen-bond acceptors (Lipinski definition) is 3. The van der Waals surface area contributed by atoms with Gasteiger partial charge in [-0.3, -0.25) is 4.79 Å². The van der Waals surface area contributed by atoms with E-state index >= 15 is 0 Å². The molecule has 0 aromatic rings. The molecule has 18 heavy (non-hydrogen) atoms. The number of hydrogen-bond donors (Lipinski definition) is 2. The monoisotopic (exact) mass is 272 g/mol. The highest BCUT2D eigenvalue weighted by atomic mass is 32.2. The fourth-order valence-electron chi connectivity index (χ4n) is 2.52. The SMILES string of the molecule is CCCCNC(=O)CNCC1(SC)CCCCC1. The van der Waals surface area contributed by atoms with E-state index in [1.54, 1.807) is 0 Å². The zero-order valence-electron chi connectivity index (χ0n) is 11.9. The molecule has 0 spiro atoms. The molecule has 0 radical (unpaired) electrons. The lowest BCUT2D eigenvalue weighted by Gasteiger charge is -2.36. The van der Waals surface area contributed by atoms with Crippen molar-refractivity contribution in [2.45, 2.75) is 56.6 Å². The first-order chi connectivity index (χ1) is 8.72. The highest BCUT2D eigenvalue weighted by Crippen LogP contribution is 2.37. The van der Waals surface area contributed by atoms with Crippen molar-refractivity contribution in [2.24, 2.45) is 0 Å². The summed E-state index contributed by atoms with van der Waals surface area (Å²) in [4.78, 5) is 11.6. The summed E-state index contributed by atoms with van der Waals surface area (Å²) in [6.07, 6.45) is 11.0. The minimum atomic E-state index is 0.135. The molecule has 0 unspecified atom stereocenters. The molecule has 1 aliphatic carbocycles. The Hall–Kier alpha value is -0.220. The smallest absolute Gasteiger partial charge is 0.233 e. The zero-order chi connectivity index (χ0) is 13.3. The van der Waals surface area contributed by atoms with Crippen molar-refractivity contribution in [3.8, 4) is 0 Å². The summed E-state index contributed by atoms with van der Waals surface area (Å²) in [6.45, 7) is 4.38. The van der Waals surface area contributed by atoms with E-state index in [4.69, 9.17) is 0 Å². The van der Waals surface area contributed by atoms with Gasteiger partial charge in [0.25, 0.3) is 0 Å². The van der Waals surface area contributed by atoms with Crippen LogP contribution in [0.5, 0.6) is 0 Å². The minimum Gasteiger partial charge on any atom is -0.355 e. The van der Waals surface area contributed by atoms with Crippen molar-refractivity contribution < 1.29 is 4.79 Å². The van der Waals surface area contributed by atoms with Gasteiger partial charge in [-0.15, -0.1) is 0 Å². The number of carbonyl (C=O) groups is 1. The molecule has 0 aromatic heterocycles. The van der Waals surface area contributed by atoms with Crippen LogP contribution in [0.3, 0.4) is 0 Å². The Kier molecular flexibility index (Phi) is 7.75. The van der Waals surface area contributed by atoms with Gasteiger partial charge in [-0.2, -0.15) is 11.8 Å². The molecule has 0 saturated heterocycles. The lowest BCUT2D eigenvalue weighted by Crippen LogP contribution is -2.43. The summed E-state index contributed by atoms with van der Waals surface area (Å²) >= 11 is 1.97. The molecule has 0 bridgehead atoms. The number of thioether (sulfide) groups is 1. The molecule has 1 amide bonds. The van der Waals surface area contributed by atoms with Crippen LogP contribution in [0, 0.1) is 0 Å². The quantitative estimate of drug-likeness (QED) is 0.667. The third-order valence-electron chi connectivity index (χ3n) is 3.78. The van der Waals surface area contributed by atoms with Crippen LogP contribution in [-0.4, -0.2) is 36.5 Å². The molecule has 1 aliphatic rings. The van der Waals surface area contributed by atoms with E-state index in [1.165, 1.54) is 32.1 Å². The molecule has 0 atom stereocenters. The molecule has 2 N–H and O–H groups in total. The minimum absolute atomic E-state index is 0.135. The average molecular weight is 272 g/mol. The van der Waals surface area contributed by atoms with E-state index in [0.717, 1.165) is 25.9 Å². The van der Waals surface area contributed by atoms with E-state index < -0.39 is 0 Å². The van der Waals surface area contributed by atoms with Gasteiger partial charge in [0.15, 0.2) is 0 Å². The molecule has 0 aromatic carbocycles. The first-order valence-electron chi connectivity index (χ1n) is 7.25. The maximum atomic E-state index is 11.6. The standard InChI is InChI=1S/C14H28N2OS/c1-3-4-10-16-13(17)11-15-12-14(18-2)8-6-5-7-9-14/h15H,3-12H2,1-2H3,(H,16,17). The molecule has 0 aliphatic heterocycles. The summed E-state index contributed by atoms with van der Waals surface area (Å²) in [5.74, 6) is 0.135. The largest absolute Gasteiger partial charge is 0.355 e. The fourth-order valence-corrected chi connectivity index (χ4v) is 3.46. The second-order valence-corrected chi connectivity index (χ2v) is 6.53. The van der Waals surface area contributed by atoms with E-state index in [2.05, 4.69) is 23.8 Å².